The van der Waals surface area contributed by atoms with Gasteiger partial charge in [0.25, 0.3) is 0 Å². The summed E-state index contributed by atoms with van der Waals surface area (Å²) in [6.07, 6.45) is 6.78. The van der Waals surface area contributed by atoms with Crippen molar-refractivity contribution < 1.29 is 9.59 Å². The van der Waals surface area contributed by atoms with Crippen LogP contribution in [0.1, 0.15) is 75.4 Å². The Bertz CT molecular complexity index is 813. The Labute approximate surface area is 191 Å². The molecule has 0 bridgehead atoms. The Morgan fingerprint density at radius 1 is 1.06 bits per heavy atom. The SMILES string of the molecule is CNc1nc(C2CCN(C(=O)CC[C@@H](C)N3CCCC3)CC2)nc2c1CN(C(C)=O)CC2. The van der Waals surface area contributed by atoms with Crippen LogP contribution >= 0.6 is 0 Å². The van der Waals surface area contributed by atoms with Crippen molar-refractivity contribution in [2.45, 2.75) is 77.3 Å². The minimum Gasteiger partial charge on any atom is -0.373 e. The number of piperidine rings is 1. The molecule has 0 spiro atoms. The highest BCUT2D eigenvalue weighted by molar-refractivity contribution is 5.76. The van der Waals surface area contributed by atoms with Gasteiger partial charge in [0.1, 0.15) is 11.6 Å². The van der Waals surface area contributed by atoms with Gasteiger partial charge in [0.05, 0.1) is 12.2 Å². The van der Waals surface area contributed by atoms with Crippen LogP contribution in [0.2, 0.25) is 0 Å². The van der Waals surface area contributed by atoms with E-state index in [0.717, 1.165) is 61.7 Å². The number of carbonyl (C=O) groups is 2. The normalized spacial score (nSPS) is 20.8. The molecular formula is C24H38N6O2. The first-order valence-corrected chi connectivity index (χ1v) is 12.3. The maximum atomic E-state index is 12.8. The van der Waals surface area contributed by atoms with Crippen LogP contribution in [0.5, 0.6) is 0 Å². The number of rotatable bonds is 6. The van der Waals surface area contributed by atoms with Gasteiger partial charge >= 0.3 is 0 Å². The third kappa shape index (κ3) is 5.05. The number of fused-ring (bicyclic) bond motifs is 1. The predicted octanol–water partition coefficient (Wildman–Crippen LogP) is 2.39. The van der Waals surface area contributed by atoms with Gasteiger partial charge in [-0.3, -0.25) is 9.59 Å². The van der Waals surface area contributed by atoms with Crippen molar-refractivity contribution in [2.24, 2.45) is 0 Å². The van der Waals surface area contributed by atoms with Gasteiger partial charge in [0.2, 0.25) is 11.8 Å². The van der Waals surface area contributed by atoms with Crippen molar-refractivity contribution >= 4 is 17.6 Å². The number of amides is 2. The molecule has 8 heteroatoms. The van der Waals surface area contributed by atoms with E-state index < -0.39 is 0 Å². The van der Waals surface area contributed by atoms with Crippen LogP contribution in [-0.2, 0) is 22.6 Å². The highest BCUT2D eigenvalue weighted by Crippen LogP contribution is 2.31. The fourth-order valence-electron chi connectivity index (χ4n) is 5.33. The first kappa shape index (κ1) is 23.0. The molecule has 2 amide bonds. The van der Waals surface area contributed by atoms with Crippen LogP contribution in [0.3, 0.4) is 0 Å². The molecule has 8 nitrogen and oxygen atoms in total. The number of hydrogen-bond acceptors (Lipinski definition) is 6. The smallest absolute Gasteiger partial charge is 0.222 e. The molecule has 0 radical (unpaired) electrons. The zero-order chi connectivity index (χ0) is 22.7. The van der Waals surface area contributed by atoms with Gasteiger partial charge < -0.3 is 20.0 Å². The Kier molecular flexibility index (Phi) is 7.28. The number of carbonyl (C=O) groups excluding carboxylic acids is 2. The zero-order valence-corrected chi connectivity index (χ0v) is 19.9. The number of hydrogen-bond donors (Lipinski definition) is 1. The van der Waals surface area contributed by atoms with Gasteiger partial charge in [-0.25, -0.2) is 9.97 Å². The van der Waals surface area contributed by atoms with Crippen LogP contribution in [0.15, 0.2) is 0 Å². The van der Waals surface area contributed by atoms with E-state index in [9.17, 15) is 9.59 Å². The second-order valence-corrected chi connectivity index (χ2v) is 9.58. The molecule has 1 atom stereocenters. The van der Waals surface area contributed by atoms with Gasteiger partial charge in [0.15, 0.2) is 0 Å². The van der Waals surface area contributed by atoms with Gasteiger partial charge in [-0.05, 0) is 52.1 Å². The average Bonchev–Trinajstić information content (AvgIpc) is 3.36. The lowest BCUT2D eigenvalue weighted by Crippen LogP contribution is -2.39. The summed E-state index contributed by atoms with van der Waals surface area (Å²) in [6, 6.07) is 0.502. The van der Waals surface area contributed by atoms with E-state index in [2.05, 4.69) is 17.1 Å². The molecule has 0 aromatic carbocycles. The molecule has 0 saturated carbocycles. The van der Waals surface area contributed by atoms with Crippen molar-refractivity contribution in [3.8, 4) is 0 Å². The first-order chi connectivity index (χ1) is 15.5. The fraction of sp³-hybridized carbons (Fsp3) is 0.750. The number of nitrogens with one attached hydrogen (secondary N) is 1. The van der Waals surface area contributed by atoms with Gasteiger partial charge in [-0.1, -0.05) is 0 Å². The number of aromatic nitrogens is 2. The summed E-state index contributed by atoms with van der Waals surface area (Å²) in [7, 11) is 1.88. The third-order valence-corrected chi connectivity index (χ3v) is 7.51. The maximum Gasteiger partial charge on any atom is 0.222 e. The largest absolute Gasteiger partial charge is 0.373 e. The van der Waals surface area contributed by atoms with E-state index >= 15 is 0 Å². The molecule has 4 rings (SSSR count). The molecule has 2 fully saturated rings. The standard InChI is InChI=1S/C24H38N6O2/c1-17(28-11-4-5-12-28)6-7-22(32)29-13-8-19(9-14-29)23-26-21-10-15-30(18(2)31)16-20(21)24(25-3)27-23/h17,19H,4-16H2,1-3H3,(H,25,26,27)/t17-/m1/s1. The van der Waals surface area contributed by atoms with Gasteiger partial charge in [-0.2, -0.15) is 0 Å². The highest BCUT2D eigenvalue weighted by atomic mass is 16.2. The summed E-state index contributed by atoms with van der Waals surface area (Å²) < 4.78 is 0. The van der Waals surface area contributed by atoms with Crippen molar-refractivity contribution in [2.75, 3.05) is 45.1 Å². The Morgan fingerprint density at radius 3 is 2.44 bits per heavy atom. The van der Waals surface area contributed by atoms with Crippen LogP contribution in [-0.4, -0.2) is 82.3 Å². The average molecular weight is 443 g/mol. The van der Waals surface area contributed by atoms with E-state index in [1.165, 1.54) is 25.9 Å². The number of nitrogens with zero attached hydrogens (tertiary/aromatic N) is 5. The molecule has 32 heavy (non-hydrogen) atoms. The second-order valence-electron chi connectivity index (χ2n) is 9.58. The monoisotopic (exact) mass is 442 g/mol. The van der Waals surface area contributed by atoms with Crippen molar-refractivity contribution in [1.29, 1.82) is 0 Å². The van der Waals surface area contributed by atoms with Crippen LogP contribution < -0.4 is 5.32 Å². The fourth-order valence-corrected chi connectivity index (χ4v) is 5.33. The lowest BCUT2D eigenvalue weighted by atomic mass is 9.94. The van der Waals surface area contributed by atoms with Crippen molar-refractivity contribution in [3.63, 3.8) is 0 Å². The lowest BCUT2D eigenvalue weighted by molar-refractivity contribution is -0.132. The molecule has 3 aliphatic rings. The van der Waals surface area contributed by atoms with Gasteiger partial charge in [0, 0.05) is 64.0 Å². The summed E-state index contributed by atoms with van der Waals surface area (Å²) in [5, 5.41) is 3.21. The zero-order valence-electron chi connectivity index (χ0n) is 19.9. The van der Waals surface area contributed by atoms with E-state index in [4.69, 9.17) is 9.97 Å². The molecule has 3 aliphatic heterocycles. The predicted molar refractivity (Wildman–Crippen MR) is 124 cm³/mol. The minimum absolute atomic E-state index is 0.0913. The van der Waals surface area contributed by atoms with Crippen molar-refractivity contribution in [1.82, 2.24) is 24.7 Å². The highest BCUT2D eigenvalue weighted by Gasteiger charge is 2.29. The Hall–Kier alpha value is -2.22. The van der Waals surface area contributed by atoms with E-state index in [1.54, 1.807) is 6.92 Å². The molecule has 4 heterocycles. The molecular weight excluding hydrogens is 404 g/mol. The van der Waals surface area contributed by atoms with E-state index in [1.807, 2.05) is 16.8 Å². The summed E-state index contributed by atoms with van der Waals surface area (Å²) in [4.78, 5) is 40.7. The molecule has 0 unspecified atom stereocenters. The number of likely N-dealkylation sites (tertiary alicyclic amines) is 2. The van der Waals surface area contributed by atoms with Crippen LogP contribution in [0.25, 0.3) is 0 Å². The van der Waals surface area contributed by atoms with Crippen LogP contribution in [0.4, 0.5) is 5.82 Å². The van der Waals surface area contributed by atoms with Gasteiger partial charge in [-0.15, -0.1) is 0 Å². The summed E-state index contributed by atoms with van der Waals surface area (Å²) >= 11 is 0. The maximum absolute atomic E-state index is 12.8. The van der Waals surface area contributed by atoms with E-state index in [-0.39, 0.29) is 11.8 Å². The van der Waals surface area contributed by atoms with Crippen LogP contribution in [0, 0.1) is 0 Å². The number of anilines is 1. The summed E-state index contributed by atoms with van der Waals surface area (Å²) in [5.74, 6) is 2.39. The summed E-state index contributed by atoms with van der Waals surface area (Å²) in [5.41, 5.74) is 2.10. The molecule has 0 aliphatic carbocycles. The second kappa shape index (κ2) is 10.1. The molecule has 176 valence electrons. The van der Waals surface area contributed by atoms with Crippen molar-refractivity contribution in [3.05, 3.63) is 17.1 Å². The quantitative estimate of drug-likeness (QED) is 0.729. The molecule has 2 saturated heterocycles. The Morgan fingerprint density at radius 2 is 1.78 bits per heavy atom. The van der Waals surface area contributed by atoms with E-state index in [0.29, 0.717) is 31.5 Å². The summed E-state index contributed by atoms with van der Waals surface area (Å²) in [6.45, 7) is 9.10. The first-order valence-electron chi connectivity index (χ1n) is 12.3. The minimum atomic E-state index is 0.0913. The lowest BCUT2D eigenvalue weighted by Gasteiger charge is -2.33. The molecule has 1 aromatic rings. The molecule has 1 N–H and O–H groups in total. The third-order valence-electron chi connectivity index (χ3n) is 7.51. The topological polar surface area (TPSA) is 81.7 Å². The Balaban J connectivity index is 1.33. The molecule has 1 aromatic heterocycles.